The van der Waals surface area contributed by atoms with Gasteiger partial charge in [0.1, 0.15) is 0 Å². The van der Waals surface area contributed by atoms with Crippen molar-refractivity contribution >= 4 is 60.4 Å². The van der Waals surface area contributed by atoms with Gasteiger partial charge in [-0.25, -0.2) is 0 Å². The Morgan fingerprint density at radius 2 is 1.12 bits per heavy atom. The van der Waals surface area contributed by atoms with Crippen LogP contribution in [-0.4, -0.2) is 4.57 Å². The standard InChI is InChI=1S/C57H38N2/c1-3-20-44(21-4-1)58(54-29-15-19-40-17-9-10-24-47(40)54)46-33-35-53-51(38-46)48-25-11-13-27-52(48)57(53,42-31-30-39-16-7-8-18-41(39)36-42)43-32-34-50-49-26-12-14-28-55(49)59(56(50)37-43)45-22-5-2-6-23-45/h1-38H/i7D,8D,16D,18D,30D,31D,36D. The van der Waals surface area contributed by atoms with E-state index in [0.29, 0.717) is 0 Å². The van der Waals surface area contributed by atoms with Gasteiger partial charge in [0.2, 0.25) is 0 Å². The van der Waals surface area contributed by atoms with E-state index in [2.05, 4.69) is 125 Å². The van der Waals surface area contributed by atoms with Gasteiger partial charge in [-0.1, -0.05) is 170 Å². The molecular formula is C57H38N2. The summed E-state index contributed by atoms with van der Waals surface area (Å²) in [5.74, 6) is 0. The van der Waals surface area contributed by atoms with Gasteiger partial charge in [0, 0.05) is 33.2 Å². The molecule has 2 heteroatoms. The Morgan fingerprint density at radius 3 is 2.00 bits per heavy atom. The average Bonchev–Trinajstić information content (AvgIpc) is 3.84. The SMILES string of the molecule is [2H]c1c([2H])c([2H])c2c([2H])c(C3(c4ccc5c6ccccc6n(-c6ccccc6)c5c4)c4ccccc4-c4cc(N(c5ccccc5)c5cccc6ccccc56)ccc43)c([2H])c([2H])c2c1[2H]. The fourth-order valence-electron chi connectivity index (χ4n) is 9.57. The van der Waals surface area contributed by atoms with Crippen LogP contribution in [0.15, 0.2) is 230 Å². The van der Waals surface area contributed by atoms with E-state index in [0.717, 1.165) is 83.1 Å². The molecule has 276 valence electrons. The van der Waals surface area contributed by atoms with E-state index >= 15 is 0 Å². The van der Waals surface area contributed by atoms with Crippen LogP contribution in [0.2, 0.25) is 0 Å². The molecule has 1 aromatic heterocycles. The maximum atomic E-state index is 10.2. The summed E-state index contributed by atoms with van der Waals surface area (Å²) in [6, 6.07) is 61.6. The Hall–Kier alpha value is -7.68. The summed E-state index contributed by atoms with van der Waals surface area (Å²) in [5.41, 5.74) is 8.68. The minimum Gasteiger partial charge on any atom is -0.310 e. The zero-order chi connectivity index (χ0) is 45.0. The molecule has 1 aliphatic rings. The van der Waals surface area contributed by atoms with Gasteiger partial charge < -0.3 is 9.47 Å². The lowest BCUT2D eigenvalue weighted by Gasteiger charge is -2.34. The normalized spacial score (nSPS) is 16.2. The van der Waals surface area contributed by atoms with Gasteiger partial charge in [0.15, 0.2) is 0 Å². The molecule has 0 saturated carbocycles. The second-order valence-corrected chi connectivity index (χ2v) is 15.1. The summed E-state index contributed by atoms with van der Waals surface area (Å²) in [6.45, 7) is 0. The van der Waals surface area contributed by atoms with Gasteiger partial charge in [-0.15, -0.1) is 0 Å². The van der Waals surface area contributed by atoms with Crippen molar-refractivity contribution in [1.82, 2.24) is 4.57 Å². The Balaban J connectivity index is 1.23. The number of benzene rings is 10. The van der Waals surface area contributed by atoms with Crippen molar-refractivity contribution in [3.05, 3.63) is 253 Å². The Labute approximate surface area is 353 Å². The first-order valence-corrected chi connectivity index (χ1v) is 19.9. The fourth-order valence-corrected chi connectivity index (χ4v) is 9.57. The molecule has 0 radical (unpaired) electrons. The highest BCUT2D eigenvalue weighted by Gasteiger charge is 2.46. The number of anilines is 3. The number of fused-ring (bicyclic) bond motifs is 8. The summed E-state index contributed by atoms with van der Waals surface area (Å²) in [7, 11) is 0. The van der Waals surface area contributed by atoms with Crippen LogP contribution < -0.4 is 4.90 Å². The zero-order valence-electron chi connectivity index (χ0n) is 38.8. The Kier molecular flexibility index (Phi) is 6.05. The summed E-state index contributed by atoms with van der Waals surface area (Å²) in [6.07, 6.45) is 0. The van der Waals surface area contributed by atoms with Crippen molar-refractivity contribution < 1.29 is 9.60 Å². The zero-order valence-corrected chi connectivity index (χ0v) is 31.8. The highest BCUT2D eigenvalue weighted by atomic mass is 15.1. The van der Waals surface area contributed by atoms with Crippen LogP contribution in [0.25, 0.3) is 60.2 Å². The maximum absolute atomic E-state index is 10.2. The van der Waals surface area contributed by atoms with E-state index in [1.54, 1.807) is 0 Å². The predicted octanol–water partition coefficient (Wildman–Crippen LogP) is 14.9. The van der Waals surface area contributed by atoms with Crippen LogP contribution in [-0.2, 0) is 5.41 Å². The van der Waals surface area contributed by atoms with Crippen LogP contribution >= 0.6 is 0 Å². The number of hydrogen-bond acceptors (Lipinski definition) is 1. The number of aromatic nitrogens is 1. The first-order valence-electron chi connectivity index (χ1n) is 23.4. The molecule has 1 aliphatic carbocycles. The third kappa shape index (κ3) is 5.00. The van der Waals surface area contributed by atoms with Gasteiger partial charge in [-0.3, -0.25) is 0 Å². The molecule has 12 rings (SSSR count). The van der Waals surface area contributed by atoms with Crippen molar-refractivity contribution in [2.75, 3.05) is 4.90 Å². The third-order valence-electron chi connectivity index (χ3n) is 12.1. The van der Waals surface area contributed by atoms with Crippen molar-refractivity contribution in [1.29, 1.82) is 0 Å². The highest BCUT2D eigenvalue weighted by molar-refractivity contribution is 6.10. The summed E-state index contributed by atoms with van der Waals surface area (Å²) >= 11 is 0. The van der Waals surface area contributed by atoms with Crippen LogP contribution in [0, 0.1) is 0 Å². The minimum atomic E-state index is -1.40. The van der Waals surface area contributed by atoms with Crippen molar-refractivity contribution in [2.45, 2.75) is 5.41 Å². The summed E-state index contributed by atoms with van der Waals surface area (Å²) < 4.78 is 67.3. The molecular weight excluding hydrogens is 713 g/mol. The fraction of sp³-hybridized carbons (Fsp3) is 0.0175. The molecule has 0 amide bonds. The molecule has 0 fully saturated rings. The van der Waals surface area contributed by atoms with E-state index in [-0.39, 0.29) is 34.5 Å². The monoisotopic (exact) mass is 757 g/mol. The topological polar surface area (TPSA) is 8.17 Å². The van der Waals surface area contributed by atoms with E-state index in [1.807, 2.05) is 72.8 Å². The van der Waals surface area contributed by atoms with Crippen LogP contribution in [0.5, 0.6) is 0 Å². The summed E-state index contributed by atoms with van der Waals surface area (Å²) in [4.78, 5) is 2.26. The second kappa shape index (κ2) is 13.2. The largest absolute Gasteiger partial charge is 0.310 e. The molecule has 10 aromatic carbocycles. The smallest absolute Gasteiger partial charge is 0.0714 e. The molecule has 2 nitrogen and oxygen atoms in total. The van der Waals surface area contributed by atoms with Crippen molar-refractivity contribution in [3.8, 4) is 16.8 Å². The van der Waals surface area contributed by atoms with Crippen molar-refractivity contribution in [2.24, 2.45) is 0 Å². The minimum absolute atomic E-state index is 0.0791. The lowest BCUT2D eigenvalue weighted by Crippen LogP contribution is -2.28. The molecule has 59 heavy (non-hydrogen) atoms. The molecule has 0 aliphatic heterocycles. The van der Waals surface area contributed by atoms with Crippen LogP contribution in [0.4, 0.5) is 17.1 Å². The Morgan fingerprint density at radius 1 is 0.424 bits per heavy atom. The van der Waals surface area contributed by atoms with Crippen LogP contribution in [0.3, 0.4) is 0 Å². The van der Waals surface area contributed by atoms with E-state index in [4.69, 9.17) is 4.11 Å². The molecule has 1 atom stereocenters. The third-order valence-corrected chi connectivity index (χ3v) is 12.1. The lowest BCUT2D eigenvalue weighted by molar-refractivity contribution is 0.771. The maximum Gasteiger partial charge on any atom is 0.0714 e. The van der Waals surface area contributed by atoms with Gasteiger partial charge >= 0.3 is 0 Å². The van der Waals surface area contributed by atoms with E-state index in [9.17, 15) is 5.48 Å². The first kappa shape index (κ1) is 27.0. The second-order valence-electron chi connectivity index (χ2n) is 15.1. The van der Waals surface area contributed by atoms with Crippen LogP contribution in [0.1, 0.15) is 31.8 Å². The van der Waals surface area contributed by atoms with Gasteiger partial charge in [-0.05, 0) is 110 Å². The van der Waals surface area contributed by atoms with Gasteiger partial charge in [0.25, 0.3) is 0 Å². The molecule has 1 heterocycles. The number of para-hydroxylation sites is 3. The lowest BCUT2D eigenvalue weighted by atomic mass is 9.67. The number of rotatable bonds is 6. The number of hydrogen-bond donors (Lipinski definition) is 0. The highest BCUT2D eigenvalue weighted by Crippen LogP contribution is 2.58. The van der Waals surface area contributed by atoms with Crippen molar-refractivity contribution in [3.63, 3.8) is 0 Å². The van der Waals surface area contributed by atoms with Gasteiger partial charge in [-0.2, -0.15) is 0 Å². The molecule has 11 aromatic rings. The molecule has 0 saturated heterocycles. The quantitative estimate of drug-likeness (QED) is 0.164. The molecule has 0 bridgehead atoms. The predicted molar refractivity (Wildman–Crippen MR) is 248 cm³/mol. The Bertz CT molecular complexity index is 3800. The van der Waals surface area contributed by atoms with Gasteiger partial charge in [0.05, 0.1) is 31.7 Å². The average molecular weight is 758 g/mol. The van der Waals surface area contributed by atoms with E-state index in [1.165, 1.54) is 0 Å². The van der Waals surface area contributed by atoms with E-state index < -0.39 is 29.6 Å². The molecule has 0 spiro atoms. The molecule has 0 N–H and O–H groups in total. The summed E-state index contributed by atoms with van der Waals surface area (Å²) in [5, 5.41) is 4.07. The molecule has 1 unspecified atom stereocenters. The first-order chi connectivity index (χ1) is 32.2. The number of nitrogens with zero attached hydrogens (tertiary/aromatic N) is 2.